The van der Waals surface area contributed by atoms with E-state index in [9.17, 15) is 14.0 Å². The number of esters is 1. The molecule has 0 bridgehead atoms. The molecular weight excluding hydrogens is 579 g/mol. The molecule has 9 heteroatoms. The van der Waals surface area contributed by atoms with Crippen molar-refractivity contribution in [2.24, 2.45) is 4.99 Å². The molecule has 0 saturated carbocycles. The van der Waals surface area contributed by atoms with Crippen molar-refractivity contribution in [3.63, 3.8) is 0 Å². The molecule has 3 aromatic carbocycles. The highest BCUT2D eigenvalue weighted by Gasteiger charge is 2.33. The first-order valence-electron chi connectivity index (χ1n) is 14.3. The Morgan fingerprint density at radius 1 is 1.07 bits per heavy atom. The average Bonchev–Trinajstić information content (AvgIpc) is 3.34. The van der Waals surface area contributed by atoms with Gasteiger partial charge in [-0.1, -0.05) is 72.9 Å². The predicted octanol–water partition coefficient (Wildman–Crippen LogP) is 5.64. The van der Waals surface area contributed by atoms with E-state index in [0.717, 1.165) is 11.1 Å². The highest BCUT2D eigenvalue weighted by Crippen LogP contribution is 2.35. The molecule has 1 aromatic heterocycles. The summed E-state index contributed by atoms with van der Waals surface area (Å²) in [6, 6.07) is 18.9. The van der Waals surface area contributed by atoms with Gasteiger partial charge in [-0.15, -0.1) is 6.58 Å². The van der Waals surface area contributed by atoms with Crippen molar-refractivity contribution in [3.8, 4) is 11.5 Å². The van der Waals surface area contributed by atoms with Crippen LogP contribution in [-0.4, -0.2) is 24.3 Å². The van der Waals surface area contributed by atoms with Crippen molar-refractivity contribution in [2.45, 2.75) is 39.3 Å². The Hall–Kier alpha value is -4.76. The number of carbonyl (C=O) groups excluding carboxylic acids is 1. The Bertz CT molecular complexity index is 1910. The normalized spacial score (nSPS) is 14.5. The Morgan fingerprint density at radius 2 is 1.82 bits per heavy atom. The molecule has 7 nitrogen and oxygen atoms in total. The molecular formula is C35H33FN2O5S. The third-order valence-electron chi connectivity index (χ3n) is 7.21. The second kappa shape index (κ2) is 13.7. The lowest BCUT2D eigenvalue weighted by Gasteiger charge is -2.25. The molecule has 0 spiro atoms. The van der Waals surface area contributed by atoms with Crippen LogP contribution in [0.2, 0.25) is 0 Å². The first kappa shape index (κ1) is 30.7. The second-order valence-corrected chi connectivity index (χ2v) is 11.0. The van der Waals surface area contributed by atoms with E-state index in [0.29, 0.717) is 62.7 Å². The number of allylic oxidation sites excluding steroid dienone is 2. The molecule has 0 aliphatic carbocycles. The second-order valence-electron chi connectivity index (χ2n) is 10.0. The van der Waals surface area contributed by atoms with Crippen LogP contribution >= 0.6 is 11.3 Å². The SMILES string of the molecule is C=CCc1cc(/C=c2\sc3n(c2=O)[C@@H](c2ccccc2)C(C(=O)OC)=C(CC)N=3)cc(OCC)c1OCc1ccccc1F. The van der Waals surface area contributed by atoms with Gasteiger partial charge in [0.25, 0.3) is 5.56 Å². The molecule has 0 radical (unpaired) electrons. The van der Waals surface area contributed by atoms with Crippen molar-refractivity contribution < 1.29 is 23.4 Å². The Morgan fingerprint density at radius 3 is 2.50 bits per heavy atom. The Kier molecular flexibility index (Phi) is 9.55. The number of hydrogen-bond donors (Lipinski definition) is 0. The van der Waals surface area contributed by atoms with Crippen molar-refractivity contribution in [1.82, 2.24) is 4.57 Å². The van der Waals surface area contributed by atoms with Crippen LogP contribution in [0, 0.1) is 5.82 Å². The van der Waals surface area contributed by atoms with E-state index >= 15 is 0 Å². The van der Waals surface area contributed by atoms with Crippen LogP contribution in [0.3, 0.4) is 0 Å². The van der Waals surface area contributed by atoms with Crippen LogP contribution in [0.1, 0.15) is 48.6 Å². The molecule has 44 heavy (non-hydrogen) atoms. The molecule has 1 aliphatic rings. The van der Waals surface area contributed by atoms with Crippen LogP contribution in [0.5, 0.6) is 11.5 Å². The number of ether oxygens (including phenoxy) is 3. The van der Waals surface area contributed by atoms with Crippen molar-refractivity contribution in [3.05, 3.63) is 138 Å². The van der Waals surface area contributed by atoms with Crippen LogP contribution < -0.4 is 24.4 Å². The number of thiazole rings is 1. The van der Waals surface area contributed by atoms with Gasteiger partial charge in [0.15, 0.2) is 16.3 Å². The lowest BCUT2D eigenvalue weighted by Crippen LogP contribution is -2.40. The zero-order chi connectivity index (χ0) is 31.2. The molecule has 0 unspecified atom stereocenters. The number of methoxy groups -OCH3 is 1. The summed E-state index contributed by atoms with van der Waals surface area (Å²) in [5.74, 6) is 0.104. The minimum atomic E-state index is -0.679. The maximum absolute atomic E-state index is 14.3. The highest BCUT2D eigenvalue weighted by molar-refractivity contribution is 7.07. The van der Waals surface area contributed by atoms with Crippen molar-refractivity contribution in [1.29, 1.82) is 0 Å². The summed E-state index contributed by atoms with van der Waals surface area (Å²) in [7, 11) is 1.33. The summed E-state index contributed by atoms with van der Waals surface area (Å²) >= 11 is 1.26. The van der Waals surface area contributed by atoms with E-state index in [1.54, 1.807) is 41.0 Å². The maximum Gasteiger partial charge on any atom is 0.338 e. The van der Waals surface area contributed by atoms with Gasteiger partial charge in [-0.05, 0) is 55.2 Å². The smallest absolute Gasteiger partial charge is 0.338 e. The number of hydrogen-bond acceptors (Lipinski definition) is 7. The molecule has 0 saturated heterocycles. The van der Waals surface area contributed by atoms with Gasteiger partial charge < -0.3 is 14.2 Å². The van der Waals surface area contributed by atoms with Crippen LogP contribution in [0.15, 0.2) is 100 Å². The molecule has 0 N–H and O–H groups in total. The molecule has 226 valence electrons. The van der Waals surface area contributed by atoms with E-state index in [-0.39, 0.29) is 18.0 Å². The minimum Gasteiger partial charge on any atom is -0.490 e. The molecule has 1 atom stereocenters. The number of fused-ring (bicyclic) bond motifs is 1. The fourth-order valence-electron chi connectivity index (χ4n) is 5.23. The molecule has 5 rings (SSSR count). The van der Waals surface area contributed by atoms with Gasteiger partial charge >= 0.3 is 5.97 Å². The van der Waals surface area contributed by atoms with E-state index < -0.39 is 12.0 Å². The van der Waals surface area contributed by atoms with Crippen LogP contribution in [0.4, 0.5) is 4.39 Å². The summed E-state index contributed by atoms with van der Waals surface area (Å²) in [4.78, 5) is 32.3. The number of rotatable bonds is 11. The average molecular weight is 613 g/mol. The Balaban J connectivity index is 1.64. The molecule has 0 amide bonds. The summed E-state index contributed by atoms with van der Waals surface area (Å²) in [6.45, 7) is 8.08. The van der Waals surface area contributed by atoms with Crippen molar-refractivity contribution in [2.75, 3.05) is 13.7 Å². The topological polar surface area (TPSA) is 79.1 Å². The summed E-state index contributed by atoms with van der Waals surface area (Å²) < 4.78 is 33.5. The van der Waals surface area contributed by atoms with E-state index in [1.165, 1.54) is 24.5 Å². The number of aromatic nitrogens is 1. The van der Waals surface area contributed by atoms with Gasteiger partial charge in [0.2, 0.25) is 0 Å². The third kappa shape index (κ3) is 6.14. The zero-order valence-corrected chi connectivity index (χ0v) is 25.7. The summed E-state index contributed by atoms with van der Waals surface area (Å²) in [6.07, 6.45) is 4.50. The highest BCUT2D eigenvalue weighted by atomic mass is 32.1. The standard InChI is InChI=1S/C35H33FN2O5S/c1-5-13-24-18-22(19-28(42-7-3)32(24)43-21-25-16-11-12-17-26(25)36)20-29-33(39)38-31(23-14-9-8-10-15-23)30(34(40)41-4)27(6-2)37-35(38)44-29/h5,8-12,14-20,31H,1,6-7,13,21H2,2-4H3/b29-20-/t31-/m0/s1. The van der Waals surface area contributed by atoms with Gasteiger partial charge in [0.1, 0.15) is 12.4 Å². The number of halogens is 1. The molecule has 2 heterocycles. The van der Waals surface area contributed by atoms with Crippen LogP contribution in [0.25, 0.3) is 6.08 Å². The zero-order valence-electron chi connectivity index (χ0n) is 24.8. The summed E-state index contributed by atoms with van der Waals surface area (Å²) in [5, 5.41) is 0. The first-order chi connectivity index (χ1) is 21.4. The fraction of sp³-hybridized carbons (Fsp3) is 0.229. The molecule has 4 aromatic rings. The molecule has 1 aliphatic heterocycles. The number of carbonyl (C=O) groups is 1. The van der Waals surface area contributed by atoms with Gasteiger partial charge in [-0.25, -0.2) is 14.2 Å². The third-order valence-corrected chi connectivity index (χ3v) is 8.19. The minimum absolute atomic E-state index is 0.0244. The largest absolute Gasteiger partial charge is 0.490 e. The monoisotopic (exact) mass is 612 g/mol. The quantitative estimate of drug-likeness (QED) is 0.162. The predicted molar refractivity (Wildman–Crippen MR) is 169 cm³/mol. The fourth-order valence-corrected chi connectivity index (χ4v) is 6.25. The van der Waals surface area contributed by atoms with Gasteiger partial charge in [0.05, 0.1) is 35.6 Å². The lowest BCUT2D eigenvalue weighted by atomic mass is 9.95. The maximum atomic E-state index is 14.3. The van der Waals surface area contributed by atoms with Crippen molar-refractivity contribution >= 4 is 23.4 Å². The van der Waals surface area contributed by atoms with Gasteiger partial charge in [-0.2, -0.15) is 0 Å². The van der Waals surface area contributed by atoms with Gasteiger partial charge in [-0.3, -0.25) is 9.36 Å². The first-order valence-corrected chi connectivity index (χ1v) is 15.2. The summed E-state index contributed by atoms with van der Waals surface area (Å²) in [5.41, 5.74) is 3.37. The number of benzene rings is 3. The molecule has 0 fully saturated rings. The van der Waals surface area contributed by atoms with Gasteiger partial charge in [0, 0.05) is 11.1 Å². The number of nitrogens with zero attached hydrogens (tertiary/aromatic N) is 2. The lowest BCUT2D eigenvalue weighted by molar-refractivity contribution is -0.136. The van der Waals surface area contributed by atoms with Crippen LogP contribution in [-0.2, 0) is 22.6 Å². The Labute approximate surface area is 258 Å². The van der Waals surface area contributed by atoms with E-state index in [1.807, 2.05) is 50.2 Å². The van der Waals surface area contributed by atoms with E-state index in [4.69, 9.17) is 19.2 Å². The van der Waals surface area contributed by atoms with E-state index in [2.05, 4.69) is 6.58 Å².